The van der Waals surface area contributed by atoms with Crippen molar-refractivity contribution in [3.05, 3.63) is 81.7 Å². The van der Waals surface area contributed by atoms with Crippen LogP contribution in [0.15, 0.2) is 63.8 Å². The van der Waals surface area contributed by atoms with E-state index in [4.69, 9.17) is 23.4 Å². The molecule has 0 spiro atoms. The van der Waals surface area contributed by atoms with Crippen LogP contribution in [-0.2, 0) is 6.42 Å². The number of hydrogen-bond donors (Lipinski definition) is 0. The van der Waals surface area contributed by atoms with Crippen LogP contribution in [0.25, 0.3) is 22.1 Å². The lowest BCUT2D eigenvalue weighted by atomic mass is 9.99. The Labute approximate surface area is 208 Å². The number of fused-ring (bicyclic) bond motifs is 2. The van der Waals surface area contributed by atoms with E-state index in [2.05, 4.69) is 0 Å². The largest absolute Gasteiger partial charge is 0.497 e. The second-order valence-electron chi connectivity index (χ2n) is 8.55. The summed E-state index contributed by atoms with van der Waals surface area (Å²) in [6.45, 7) is 4.72. The standard InChI is InChI=1S/C29H26O7/c1-4-6-18-14-22-25(16-24(18)36-29(31)20-7-5-8-21(13-20)32-3)35-17(2)27(28(22)30)19-9-10-23-26(15-19)34-12-11-33-23/h5,7-10,13-16H,4,6,11-12H2,1-3H3. The topological polar surface area (TPSA) is 84.2 Å². The molecule has 0 saturated carbocycles. The number of carbonyl (C=O) groups excluding carboxylic acids is 1. The van der Waals surface area contributed by atoms with Crippen molar-refractivity contribution in [1.29, 1.82) is 0 Å². The molecule has 0 bridgehead atoms. The van der Waals surface area contributed by atoms with Crippen LogP contribution in [0.5, 0.6) is 23.0 Å². The van der Waals surface area contributed by atoms with Crippen LogP contribution in [-0.4, -0.2) is 26.3 Å². The normalized spacial score (nSPS) is 12.4. The Bertz CT molecular complexity index is 1520. The van der Waals surface area contributed by atoms with Crippen LogP contribution >= 0.6 is 0 Å². The molecule has 0 fully saturated rings. The summed E-state index contributed by atoms with van der Waals surface area (Å²) in [4.78, 5) is 26.5. The van der Waals surface area contributed by atoms with Gasteiger partial charge < -0.3 is 23.4 Å². The van der Waals surface area contributed by atoms with Gasteiger partial charge in [-0.05, 0) is 60.9 Å². The molecule has 184 valence electrons. The van der Waals surface area contributed by atoms with E-state index in [-0.39, 0.29) is 5.43 Å². The fourth-order valence-electron chi connectivity index (χ4n) is 4.38. The van der Waals surface area contributed by atoms with Gasteiger partial charge in [0.2, 0.25) is 5.43 Å². The molecule has 7 heteroatoms. The maximum atomic E-state index is 13.6. The number of ether oxygens (including phenoxy) is 4. The van der Waals surface area contributed by atoms with E-state index < -0.39 is 5.97 Å². The third-order valence-electron chi connectivity index (χ3n) is 6.11. The highest BCUT2D eigenvalue weighted by Gasteiger charge is 2.20. The van der Waals surface area contributed by atoms with Crippen molar-refractivity contribution in [3.63, 3.8) is 0 Å². The van der Waals surface area contributed by atoms with Gasteiger partial charge in [0.15, 0.2) is 11.5 Å². The molecule has 5 rings (SSSR count). The Morgan fingerprint density at radius 3 is 2.58 bits per heavy atom. The van der Waals surface area contributed by atoms with Gasteiger partial charge in [-0.25, -0.2) is 4.79 Å². The Hall–Kier alpha value is -4.26. The third-order valence-corrected chi connectivity index (χ3v) is 6.11. The lowest BCUT2D eigenvalue weighted by molar-refractivity contribution is 0.0733. The average molecular weight is 487 g/mol. The summed E-state index contributed by atoms with van der Waals surface area (Å²) < 4.78 is 28.4. The maximum Gasteiger partial charge on any atom is 0.343 e. The van der Waals surface area contributed by atoms with Gasteiger partial charge in [0, 0.05) is 6.07 Å². The van der Waals surface area contributed by atoms with E-state index in [1.165, 1.54) is 7.11 Å². The molecule has 0 radical (unpaired) electrons. The summed E-state index contributed by atoms with van der Waals surface area (Å²) in [5, 5.41) is 0.426. The van der Waals surface area contributed by atoms with Crippen LogP contribution in [0.2, 0.25) is 0 Å². The predicted molar refractivity (Wildman–Crippen MR) is 136 cm³/mol. The quantitative estimate of drug-likeness (QED) is 0.255. The highest BCUT2D eigenvalue weighted by Crippen LogP contribution is 2.36. The lowest BCUT2D eigenvalue weighted by Crippen LogP contribution is -2.15. The minimum atomic E-state index is -0.516. The third kappa shape index (κ3) is 4.40. The van der Waals surface area contributed by atoms with Gasteiger partial charge in [0.1, 0.15) is 36.1 Å². The van der Waals surface area contributed by atoms with Crippen molar-refractivity contribution in [2.75, 3.05) is 20.3 Å². The number of hydrogen-bond acceptors (Lipinski definition) is 7. The van der Waals surface area contributed by atoms with Gasteiger partial charge in [0.25, 0.3) is 0 Å². The zero-order valence-corrected chi connectivity index (χ0v) is 20.4. The second kappa shape index (κ2) is 9.77. The van der Waals surface area contributed by atoms with Gasteiger partial charge in [-0.1, -0.05) is 25.5 Å². The first-order chi connectivity index (χ1) is 17.5. The lowest BCUT2D eigenvalue weighted by Gasteiger charge is -2.19. The molecular formula is C29H26O7. The van der Waals surface area contributed by atoms with Gasteiger partial charge in [-0.3, -0.25) is 4.79 Å². The molecule has 1 aromatic heterocycles. The zero-order valence-electron chi connectivity index (χ0n) is 20.4. The molecule has 2 heterocycles. The summed E-state index contributed by atoms with van der Waals surface area (Å²) in [6, 6.07) is 15.6. The van der Waals surface area contributed by atoms with Gasteiger partial charge >= 0.3 is 5.97 Å². The number of esters is 1. The minimum Gasteiger partial charge on any atom is -0.497 e. The van der Waals surface area contributed by atoms with Gasteiger partial charge in [0.05, 0.1) is 23.6 Å². The molecule has 36 heavy (non-hydrogen) atoms. The van der Waals surface area contributed by atoms with Gasteiger partial charge in [-0.15, -0.1) is 0 Å². The van der Waals surface area contributed by atoms with E-state index in [9.17, 15) is 9.59 Å². The van der Waals surface area contributed by atoms with E-state index in [1.807, 2.05) is 13.0 Å². The van der Waals surface area contributed by atoms with E-state index >= 15 is 0 Å². The highest BCUT2D eigenvalue weighted by atomic mass is 16.6. The SMILES string of the molecule is CCCc1cc2c(=O)c(-c3ccc4c(c3)OCCO4)c(C)oc2cc1OC(=O)c1cccc(OC)c1. The van der Waals surface area contributed by atoms with Crippen molar-refractivity contribution >= 4 is 16.9 Å². The molecule has 1 aliphatic heterocycles. The fourth-order valence-corrected chi connectivity index (χ4v) is 4.38. The summed E-state index contributed by atoms with van der Waals surface area (Å²) in [5.41, 5.74) is 2.47. The number of methoxy groups -OCH3 is 1. The molecule has 0 unspecified atom stereocenters. The first-order valence-electron chi connectivity index (χ1n) is 11.8. The molecule has 1 aliphatic rings. The van der Waals surface area contributed by atoms with Crippen molar-refractivity contribution < 1.29 is 28.2 Å². The Morgan fingerprint density at radius 2 is 1.81 bits per heavy atom. The molecule has 7 nitrogen and oxygen atoms in total. The molecule has 4 aromatic rings. The van der Waals surface area contributed by atoms with Crippen LogP contribution in [0.4, 0.5) is 0 Å². The van der Waals surface area contributed by atoms with Crippen LogP contribution in [0, 0.1) is 6.92 Å². The Balaban J connectivity index is 1.57. The van der Waals surface area contributed by atoms with E-state index in [0.29, 0.717) is 76.1 Å². The summed E-state index contributed by atoms with van der Waals surface area (Å²) in [6.07, 6.45) is 1.44. The van der Waals surface area contributed by atoms with Crippen molar-refractivity contribution in [2.45, 2.75) is 26.7 Å². The van der Waals surface area contributed by atoms with Crippen LogP contribution in [0.1, 0.15) is 35.0 Å². The smallest absolute Gasteiger partial charge is 0.343 e. The first kappa shape index (κ1) is 23.5. The molecule has 0 aliphatic carbocycles. The molecule has 0 amide bonds. The minimum absolute atomic E-state index is 0.159. The number of rotatable bonds is 6. The maximum absolute atomic E-state index is 13.6. The zero-order chi connectivity index (χ0) is 25.2. The number of aryl methyl sites for hydroxylation is 2. The van der Waals surface area contributed by atoms with Crippen molar-refractivity contribution in [1.82, 2.24) is 0 Å². The van der Waals surface area contributed by atoms with E-state index in [1.54, 1.807) is 55.5 Å². The summed E-state index contributed by atoms with van der Waals surface area (Å²) in [5.74, 6) is 2.12. The Kier molecular flexibility index (Phi) is 6.38. The molecule has 0 N–H and O–H groups in total. The predicted octanol–water partition coefficient (Wildman–Crippen LogP) is 5.72. The second-order valence-corrected chi connectivity index (χ2v) is 8.55. The molecule has 3 aromatic carbocycles. The van der Waals surface area contributed by atoms with Crippen molar-refractivity contribution in [2.24, 2.45) is 0 Å². The molecular weight excluding hydrogens is 460 g/mol. The molecule has 0 atom stereocenters. The number of benzene rings is 3. The van der Waals surface area contributed by atoms with Crippen LogP contribution < -0.4 is 24.4 Å². The first-order valence-corrected chi connectivity index (χ1v) is 11.8. The number of carbonyl (C=O) groups is 1. The molecule has 0 saturated heterocycles. The monoisotopic (exact) mass is 486 g/mol. The Morgan fingerprint density at radius 1 is 1.00 bits per heavy atom. The van der Waals surface area contributed by atoms with Gasteiger partial charge in [-0.2, -0.15) is 0 Å². The summed E-state index contributed by atoms with van der Waals surface area (Å²) in [7, 11) is 1.54. The van der Waals surface area contributed by atoms with Crippen LogP contribution in [0.3, 0.4) is 0 Å². The highest BCUT2D eigenvalue weighted by molar-refractivity contribution is 5.93. The average Bonchev–Trinajstić information content (AvgIpc) is 2.89. The summed E-state index contributed by atoms with van der Waals surface area (Å²) >= 11 is 0. The fraction of sp³-hybridized carbons (Fsp3) is 0.241. The van der Waals surface area contributed by atoms with Crippen molar-refractivity contribution in [3.8, 4) is 34.1 Å². The van der Waals surface area contributed by atoms with E-state index in [0.717, 1.165) is 12.0 Å².